The smallest absolute Gasteiger partial charge is 0.108 e. The van der Waals surface area contributed by atoms with Gasteiger partial charge in [-0.1, -0.05) is 11.8 Å². The Bertz CT molecular complexity index is 599. The van der Waals surface area contributed by atoms with Crippen molar-refractivity contribution in [3.8, 4) is 11.8 Å². The normalized spacial score (nSPS) is 20.3. The average molecular weight is 407 g/mol. The molecule has 5 nitrogen and oxygen atoms in total. The van der Waals surface area contributed by atoms with Gasteiger partial charge in [0.25, 0.3) is 0 Å². The van der Waals surface area contributed by atoms with Gasteiger partial charge in [-0.05, 0) is 41.9 Å². The molecular formula is C19H27BrN4O. The molecule has 3 rings (SSSR count). The summed E-state index contributed by atoms with van der Waals surface area (Å²) in [6, 6.07) is 2.06. The predicted molar refractivity (Wildman–Crippen MR) is 105 cm³/mol. The van der Waals surface area contributed by atoms with Gasteiger partial charge in [-0.2, -0.15) is 0 Å². The zero-order valence-electron chi connectivity index (χ0n) is 15.0. The van der Waals surface area contributed by atoms with Gasteiger partial charge in [0, 0.05) is 51.7 Å². The lowest BCUT2D eigenvalue weighted by molar-refractivity contribution is 0.0594. The largest absolute Gasteiger partial charge is 0.370 e. The van der Waals surface area contributed by atoms with E-state index in [2.05, 4.69) is 60.6 Å². The van der Waals surface area contributed by atoms with Crippen LogP contribution in [-0.2, 0) is 4.74 Å². The summed E-state index contributed by atoms with van der Waals surface area (Å²) in [6.07, 6.45) is 6.13. The molecule has 136 valence electrons. The monoisotopic (exact) mass is 406 g/mol. The van der Waals surface area contributed by atoms with E-state index in [1.54, 1.807) is 0 Å². The van der Waals surface area contributed by atoms with Crippen molar-refractivity contribution in [2.45, 2.75) is 18.9 Å². The summed E-state index contributed by atoms with van der Waals surface area (Å²) in [5.74, 6) is 6.45. The molecule has 1 aromatic heterocycles. The highest BCUT2D eigenvalue weighted by atomic mass is 79.9. The molecule has 2 aliphatic heterocycles. The van der Waals surface area contributed by atoms with Crippen molar-refractivity contribution in [3.63, 3.8) is 0 Å². The van der Waals surface area contributed by atoms with Crippen LogP contribution in [0.2, 0.25) is 0 Å². The van der Waals surface area contributed by atoms with Crippen LogP contribution in [0.1, 0.15) is 12.8 Å². The van der Waals surface area contributed by atoms with E-state index in [1.807, 2.05) is 12.4 Å². The first-order valence-corrected chi connectivity index (χ1v) is 9.84. The van der Waals surface area contributed by atoms with E-state index in [-0.39, 0.29) is 0 Å². The summed E-state index contributed by atoms with van der Waals surface area (Å²) in [5, 5.41) is 0. The van der Waals surface area contributed by atoms with Crippen LogP contribution >= 0.6 is 15.9 Å². The molecule has 2 fully saturated rings. The first kappa shape index (κ1) is 18.7. The van der Waals surface area contributed by atoms with Crippen LogP contribution in [0.25, 0.3) is 0 Å². The summed E-state index contributed by atoms with van der Waals surface area (Å²) in [5.41, 5.74) is 1.22. The topological polar surface area (TPSA) is 31.8 Å². The maximum atomic E-state index is 5.95. The minimum absolute atomic E-state index is 0.329. The average Bonchev–Trinajstić information content (AvgIpc) is 2.64. The molecule has 3 heterocycles. The van der Waals surface area contributed by atoms with Gasteiger partial charge in [0.05, 0.1) is 22.8 Å². The van der Waals surface area contributed by atoms with E-state index in [9.17, 15) is 0 Å². The number of pyridine rings is 1. The first-order valence-electron chi connectivity index (χ1n) is 9.05. The second-order valence-corrected chi connectivity index (χ2v) is 7.61. The molecule has 0 saturated carbocycles. The van der Waals surface area contributed by atoms with Gasteiger partial charge in [-0.25, -0.2) is 0 Å². The SMILES string of the molecule is CN1CCN(CC#CCOC2CCN(c3ccncc3Br)CC2)CC1. The minimum atomic E-state index is 0.329. The summed E-state index contributed by atoms with van der Waals surface area (Å²) in [6.45, 7) is 7.98. The fourth-order valence-corrected chi connectivity index (χ4v) is 3.77. The molecule has 0 aromatic carbocycles. The molecule has 0 bridgehead atoms. The molecule has 25 heavy (non-hydrogen) atoms. The number of piperazine rings is 1. The van der Waals surface area contributed by atoms with Crippen LogP contribution in [0.4, 0.5) is 5.69 Å². The molecule has 0 spiro atoms. The number of halogens is 1. The number of anilines is 1. The van der Waals surface area contributed by atoms with Crippen LogP contribution in [0.15, 0.2) is 22.9 Å². The minimum Gasteiger partial charge on any atom is -0.370 e. The van der Waals surface area contributed by atoms with Crippen molar-refractivity contribution in [1.29, 1.82) is 0 Å². The van der Waals surface area contributed by atoms with Gasteiger partial charge in [-0.3, -0.25) is 9.88 Å². The fourth-order valence-electron chi connectivity index (χ4n) is 3.27. The Morgan fingerprint density at radius 3 is 2.64 bits per heavy atom. The summed E-state index contributed by atoms with van der Waals surface area (Å²) in [4.78, 5) is 11.3. The predicted octanol–water partition coefficient (Wildman–Crippen LogP) is 2.08. The Morgan fingerprint density at radius 2 is 1.92 bits per heavy atom. The third kappa shape index (κ3) is 5.68. The third-order valence-electron chi connectivity index (χ3n) is 4.95. The Labute approximate surface area is 159 Å². The van der Waals surface area contributed by atoms with E-state index in [4.69, 9.17) is 4.74 Å². The quantitative estimate of drug-likeness (QED) is 0.714. The molecule has 2 saturated heterocycles. The lowest BCUT2D eigenvalue weighted by atomic mass is 10.1. The summed E-state index contributed by atoms with van der Waals surface area (Å²) >= 11 is 3.58. The summed E-state index contributed by atoms with van der Waals surface area (Å²) < 4.78 is 7.01. The van der Waals surface area contributed by atoms with E-state index in [1.165, 1.54) is 5.69 Å². The van der Waals surface area contributed by atoms with Crippen molar-refractivity contribution in [2.24, 2.45) is 0 Å². The van der Waals surface area contributed by atoms with Crippen LogP contribution < -0.4 is 4.90 Å². The van der Waals surface area contributed by atoms with Crippen LogP contribution in [0, 0.1) is 11.8 Å². The number of piperidine rings is 1. The first-order chi connectivity index (χ1) is 12.2. The van der Waals surface area contributed by atoms with Crippen molar-refractivity contribution in [3.05, 3.63) is 22.9 Å². The molecule has 2 aliphatic rings. The Hall–Kier alpha value is -1.13. The molecule has 0 radical (unpaired) electrons. The zero-order valence-corrected chi connectivity index (χ0v) is 16.5. The molecule has 0 atom stereocenters. The second kappa shape index (κ2) is 9.54. The molecule has 0 unspecified atom stereocenters. The van der Waals surface area contributed by atoms with Crippen molar-refractivity contribution < 1.29 is 4.74 Å². The molecule has 0 aliphatic carbocycles. The molecule has 0 amide bonds. The molecule has 1 aromatic rings. The van der Waals surface area contributed by atoms with Gasteiger partial charge < -0.3 is 14.5 Å². The Morgan fingerprint density at radius 1 is 1.16 bits per heavy atom. The van der Waals surface area contributed by atoms with E-state index in [0.717, 1.165) is 63.1 Å². The van der Waals surface area contributed by atoms with Gasteiger partial charge >= 0.3 is 0 Å². The number of hydrogen-bond acceptors (Lipinski definition) is 5. The van der Waals surface area contributed by atoms with E-state index in [0.29, 0.717) is 12.7 Å². The number of ether oxygens (including phenoxy) is 1. The number of likely N-dealkylation sites (N-methyl/N-ethyl adjacent to an activating group) is 1. The van der Waals surface area contributed by atoms with Crippen molar-refractivity contribution >= 4 is 21.6 Å². The van der Waals surface area contributed by atoms with E-state index >= 15 is 0 Å². The van der Waals surface area contributed by atoms with Gasteiger partial charge in [0.1, 0.15) is 6.61 Å². The zero-order chi connectivity index (χ0) is 17.5. The van der Waals surface area contributed by atoms with Crippen molar-refractivity contribution in [1.82, 2.24) is 14.8 Å². The van der Waals surface area contributed by atoms with Crippen LogP contribution in [0.5, 0.6) is 0 Å². The Kier molecular flexibility index (Phi) is 7.12. The van der Waals surface area contributed by atoms with Crippen LogP contribution in [-0.4, -0.2) is 80.4 Å². The number of aromatic nitrogens is 1. The lowest BCUT2D eigenvalue weighted by Gasteiger charge is -2.33. The van der Waals surface area contributed by atoms with Gasteiger partial charge in [0.2, 0.25) is 0 Å². The number of nitrogens with zero attached hydrogens (tertiary/aromatic N) is 4. The molecular weight excluding hydrogens is 380 g/mol. The second-order valence-electron chi connectivity index (χ2n) is 6.76. The maximum absolute atomic E-state index is 5.95. The highest BCUT2D eigenvalue weighted by Crippen LogP contribution is 2.27. The van der Waals surface area contributed by atoms with E-state index < -0.39 is 0 Å². The molecule has 6 heteroatoms. The third-order valence-corrected chi connectivity index (χ3v) is 5.56. The highest BCUT2D eigenvalue weighted by Gasteiger charge is 2.20. The standard InChI is InChI=1S/C19H27BrN4O/c1-22-11-13-23(14-12-22)8-2-3-15-25-17-5-9-24(10-6-17)19-4-7-21-16-18(19)20/h4,7,16-17H,5-6,8-15H2,1H3. The Balaban J connectivity index is 1.33. The van der Waals surface area contributed by atoms with Crippen molar-refractivity contribution in [2.75, 3.05) is 64.4 Å². The fraction of sp³-hybridized carbons (Fsp3) is 0.632. The lowest BCUT2D eigenvalue weighted by Crippen LogP contribution is -2.44. The highest BCUT2D eigenvalue weighted by molar-refractivity contribution is 9.10. The maximum Gasteiger partial charge on any atom is 0.108 e. The number of hydrogen-bond donors (Lipinski definition) is 0. The summed E-state index contributed by atoms with van der Waals surface area (Å²) in [7, 11) is 2.18. The van der Waals surface area contributed by atoms with Gasteiger partial charge in [-0.15, -0.1) is 0 Å². The van der Waals surface area contributed by atoms with Crippen LogP contribution in [0.3, 0.4) is 0 Å². The van der Waals surface area contributed by atoms with Gasteiger partial charge in [0.15, 0.2) is 0 Å². The molecule has 0 N–H and O–H groups in total. The number of rotatable bonds is 4.